The van der Waals surface area contributed by atoms with Gasteiger partial charge in [0.25, 0.3) is 0 Å². The SMILES string of the molecule is COC(=O)/C(=C\c1ccc(Cl)cc1)c1[nH]c2ccccc2c1C=O. The van der Waals surface area contributed by atoms with Crippen molar-refractivity contribution in [3.05, 3.63) is 70.4 Å². The normalized spacial score (nSPS) is 11.5. The molecule has 4 nitrogen and oxygen atoms in total. The molecule has 5 heteroatoms. The quantitative estimate of drug-likeness (QED) is 0.437. The lowest BCUT2D eigenvalue weighted by Gasteiger charge is -2.05. The van der Waals surface area contributed by atoms with Crippen molar-refractivity contribution >= 4 is 46.4 Å². The van der Waals surface area contributed by atoms with Crippen LogP contribution in [0.3, 0.4) is 0 Å². The number of benzene rings is 2. The fourth-order valence-corrected chi connectivity index (χ4v) is 2.69. The van der Waals surface area contributed by atoms with Crippen LogP contribution >= 0.6 is 11.6 Å². The van der Waals surface area contributed by atoms with Gasteiger partial charge in [-0.15, -0.1) is 0 Å². The van der Waals surface area contributed by atoms with Crippen LogP contribution in [0, 0.1) is 0 Å². The highest BCUT2D eigenvalue weighted by molar-refractivity contribution is 6.30. The van der Waals surface area contributed by atoms with Gasteiger partial charge >= 0.3 is 5.97 Å². The van der Waals surface area contributed by atoms with Crippen LogP contribution in [0.25, 0.3) is 22.6 Å². The van der Waals surface area contributed by atoms with Crippen LogP contribution in [0.1, 0.15) is 21.6 Å². The molecule has 0 aliphatic carbocycles. The third-order valence-corrected chi connectivity index (χ3v) is 3.97. The van der Waals surface area contributed by atoms with Crippen molar-refractivity contribution in [3.63, 3.8) is 0 Å². The van der Waals surface area contributed by atoms with E-state index < -0.39 is 5.97 Å². The summed E-state index contributed by atoms with van der Waals surface area (Å²) in [6, 6.07) is 14.4. The van der Waals surface area contributed by atoms with E-state index in [9.17, 15) is 9.59 Å². The van der Waals surface area contributed by atoms with E-state index in [1.807, 2.05) is 24.3 Å². The summed E-state index contributed by atoms with van der Waals surface area (Å²) in [6.07, 6.45) is 2.41. The number of ether oxygens (including phenoxy) is 1. The van der Waals surface area contributed by atoms with Crippen LogP contribution in [0.4, 0.5) is 0 Å². The van der Waals surface area contributed by atoms with Gasteiger partial charge in [0.05, 0.1) is 18.4 Å². The first-order valence-electron chi connectivity index (χ1n) is 7.26. The minimum absolute atomic E-state index is 0.276. The maximum absolute atomic E-state index is 12.3. The smallest absolute Gasteiger partial charge is 0.340 e. The van der Waals surface area contributed by atoms with Crippen molar-refractivity contribution in [2.75, 3.05) is 7.11 Å². The van der Waals surface area contributed by atoms with Gasteiger partial charge in [-0.05, 0) is 29.8 Å². The van der Waals surface area contributed by atoms with Crippen molar-refractivity contribution in [2.45, 2.75) is 0 Å². The van der Waals surface area contributed by atoms with E-state index >= 15 is 0 Å². The minimum atomic E-state index is -0.528. The third kappa shape index (κ3) is 2.96. The average molecular weight is 340 g/mol. The molecule has 3 aromatic rings. The summed E-state index contributed by atoms with van der Waals surface area (Å²) < 4.78 is 4.89. The number of hydrogen-bond donors (Lipinski definition) is 1. The van der Waals surface area contributed by atoms with Crippen LogP contribution in [-0.2, 0) is 9.53 Å². The van der Waals surface area contributed by atoms with E-state index in [1.54, 1.807) is 30.3 Å². The Bertz CT molecular complexity index is 939. The van der Waals surface area contributed by atoms with Crippen LogP contribution in [0.15, 0.2) is 48.5 Å². The van der Waals surface area contributed by atoms with Gasteiger partial charge in [-0.25, -0.2) is 4.79 Å². The zero-order valence-electron chi connectivity index (χ0n) is 12.9. The molecule has 0 saturated heterocycles. The highest BCUT2D eigenvalue weighted by Gasteiger charge is 2.20. The maximum Gasteiger partial charge on any atom is 0.340 e. The first-order chi connectivity index (χ1) is 11.6. The summed E-state index contributed by atoms with van der Waals surface area (Å²) in [4.78, 5) is 27.0. The van der Waals surface area contributed by atoms with Crippen LogP contribution in [0.2, 0.25) is 5.02 Å². The molecular formula is C19H14ClNO3. The molecule has 0 bridgehead atoms. The highest BCUT2D eigenvalue weighted by atomic mass is 35.5. The number of para-hydroxylation sites is 1. The molecule has 24 heavy (non-hydrogen) atoms. The molecule has 0 aliphatic rings. The van der Waals surface area contributed by atoms with Crippen LogP contribution in [-0.4, -0.2) is 24.3 Å². The first-order valence-corrected chi connectivity index (χ1v) is 7.63. The zero-order chi connectivity index (χ0) is 17.1. The number of carbonyl (C=O) groups is 2. The van der Waals surface area contributed by atoms with Gasteiger partial charge in [-0.3, -0.25) is 4.79 Å². The van der Waals surface area contributed by atoms with Gasteiger partial charge in [-0.1, -0.05) is 41.9 Å². The van der Waals surface area contributed by atoms with Crippen molar-refractivity contribution in [1.29, 1.82) is 0 Å². The predicted octanol–water partition coefficient (Wildman–Crippen LogP) is 4.35. The summed E-state index contributed by atoms with van der Waals surface area (Å²) in [5.74, 6) is -0.528. The van der Waals surface area contributed by atoms with Gasteiger partial charge in [0.15, 0.2) is 6.29 Å². The molecule has 0 fully saturated rings. The molecule has 1 N–H and O–H groups in total. The number of nitrogens with one attached hydrogen (secondary N) is 1. The average Bonchev–Trinajstić information content (AvgIpc) is 2.98. The number of hydrogen-bond acceptors (Lipinski definition) is 3. The predicted molar refractivity (Wildman–Crippen MR) is 95.0 cm³/mol. The van der Waals surface area contributed by atoms with Crippen molar-refractivity contribution < 1.29 is 14.3 Å². The summed E-state index contributed by atoms with van der Waals surface area (Å²) in [7, 11) is 1.31. The number of carbonyl (C=O) groups excluding carboxylic acids is 2. The highest BCUT2D eigenvalue weighted by Crippen LogP contribution is 2.28. The summed E-state index contributed by atoms with van der Waals surface area (Å²) >= 11 is 5.89. The van der Waals surface area contributed by atoms with Gasteiger partial charge < -0.3 is 9.72 Å². The number of aromatic nitrogens is 1. The van der Waals surface area contributed by atoms with Gasteiger partial charge in [-0.2, -0.15) is 0 Å². The van der Waals surface area contributed by atoms with E-state index in [0.717, 1.165) is 22.8 Å². The summed E-state index contributed by atoms with van der Waals surface area (Å²) in [5, 5.41) is 1.36. The maximum atomic E-state index is 12.3. The molecule has 0 atom stereocenters. The van der Waals surface area contributed by atoms with Gasteiger partial charge in [0.2, 0.25) is 0 Å². The van der Waals surface area contributed by atoms with Crippen molar-refractivity contribution in [1.82, 2.24) is 4.98 Å². The molecule has 3 rings (SSSR count). The lowest BCUT2D eigenvalue weighted by molar-refractivity contribution is -0.133. The number of aromatic amines is 1. The van der Waals surface area contributed by atoms with Crippen molar-refractivity contribution in [3.8, 4) is 0 Å². The number of esters is 1. The Morgan fingerprint density at radius 1 is 1.12 bits per heavy atom. The van der Waals surface area contributed by atoms with Crippen molar-refractivity contribution in [2.24, 2.45) is 0 Å². The Morgan fingerprint density at radius 2 is 1.83 bits per heavy atom. The molecule has 1 aromatic heterocycles. The second-order valence-electron chi connectivity index (χ2n) is 5.18. The topological polar surface area (TPSA) is 59.2 Å². The number of rotatable bonds is 4. The molecule has 120 valence electrons. The molecule has 1 heterocycles. The molecule has 0 radical (unpaired) electrons. The Morgan fingerprint density at radius 3 is 2.50 bits per heavy atom. The molecule has 0 amide bonds. The molecule has 2 aromatic carbocycles. The van der Waals surface area contributed by atoms with E-state index in [1.165, 1.54) is 7.11 Å². The molecular weight excluding hydrogens is 326 g/mol. The molecule has 0 spiro atoms. The third-order valence-electron chi connectivity index (χ3n) is 3.72. The lowest BCUT2D eigenvalue weighted by atomic mass is 10.0. The number of H-pyrrole nitrogens is 1. The number of fused-ring (bicyclic) bond motifs is 1. The molecule has 0 unspecified atom stereocenters. The van der Waals surface area contributed by atoms with Crippen LogP contribution in [0.5, 0.6) is 0 Å². The fraction of sp³-hybridized carbons (Fsp3) is 0.0526. The Labute approximate surface area is 143 Å². The number of halogens is 1. The number of methoxy groups -OCH3 is 1. The second-order valence-corrected chi connectivity index (χ2v) is 5.61. The fourth-order valence-electron chi connectivity index (χ4n) is 2.57. The molecule has 0 aliphatic heterocycles. The Hall–Kier alpha value is -2.85. The van der Waals surface area contributed by atoms with E-state index in [0.29, 0.717) is 16.3 Å². The standard InChI is InChI=1S/C19H14ClNO3/c1-24-19(23)15(10-12-6-8-13(20)9-7-12)18-16(11-22)14-4-2-3-5-17(14)21-18/h2-11,21H,1H3/b15-10-. The number of aldehydes is 1. The lowest BCUT2D eigenvalue weighted by Crippen LogP contribution is -2.06. The van der Waals surface area contributed by atoms with E-state index in [-0.39, 0.29) is 5.57 Å². The Balaban J connectivity index is 2.22. The molecule has 0 saturated carbocycles. The Kier molecular flexibility index (Phi) is 4.49. The van der Waals surface area contributed by atoms with Crippen LogP contribution < -0.4 is 0 Å². The van der Waals surface area contributed by atoms with E-state index in [2.05, 4.69) is 4.98 Å². The summed E-state index contributed by atoms with van der Waals surface area (Å²) in [6.45, 7) is 0. The monoisotopic (exact) mass is 339 g/mol. The van der Waals surface area contributed by atoms with Gasteiger partial charge in [0.1, 0.15) is 0 Å². The zero-order valence-corrected chi connectivity index (χ0v) is 13.6. The summed E-state index contributed by atoms with van der Waals surface area (Å²) in [5.41, 5.74) is 2.69. The first kappa shape index (κ1) is 16.0. The minimum Gasteiger partial charge on any atom is -0.465 e. The van der Waals surface area contributed by atoms with Gasteiger partial charge in [0, 0.05) is 21.5 Å². The largest absolute Gasteiger partial charge is 0.465 e. The second kappa shape index (κ2) is 6.72. The van der Waals surface area contributed by atoms with E-state index in [4.69, 9.17) is 16.3 Å².